The Balaban J connectivity index is 1.28. The van der Waals surface area contributed by atoms with Crippen molar-refractivity contribution in [2.45, 2.75) is 13.1 Å². The number of aromatic nitrogens is 2. The summed E-state index contributed by atoms with van der Waals surface area (Å²) in [4.78, 5) is 0. The molecule has 0 saturated carbocycles. The van der Waals surface area contributed by atoms with E-state index in [9.17, 15) is 0 Å². The van der Waals surface area contributed by atoms with Crippen molar-refractivity contribution in [2.75, 3.05) is 14.2 Å². The second kappa shape index (κ2) is 15.9. The molecule has 2 aromatic heterocycles. The largest absolute Gasteiger partial charge is 0.497 e. The van der Waals surface area contributed by atoms with Crippen LogP contribution in [-0.2, 0) is 13.1 Å². The molecule has 54 heavy (non-hydrogen) atoms. The minimum atomic E-state index is 0.740. The molecule has 0 unspecified atom stereocenters. The highest BCUT2D eigenvalue weighted by Crippen LogP contribution is 2.43. The van der Waals surface area contributed by atoms with Gasteiger partial charge in [0.1, 0.15) is 11.5 Å². The first kappa shape index (κ1) is 34.3. The van der Waals surface area contributed by atoms with Crippen LogP contribution in [0.1, 0.15) is 0 Å². The summed E-state index contributed by atoms with van der Waals surface area (Å²) >= 11 is 0. The molecule has 6 aromatic carbocycles. The molecular weight excluding hydrogens is 661 g/mol. The van der Waals surface area contributed by atoms with E-state index >= 15 is 0 Å². The minimum Gasteiger partial charge on any atom is -0.497 e. The summed E-state index contributed by atoms with van der Waals surface area (Å²) in [5.74, 6) is 1.65. The Kier molecular flexibility index (Phi) is 10.1. The summed E-state index contributed by atoms with van der Waals surface area (Å²) in [5, 5.41) is 0. The molecule has 0 bridgehead atoms. The molecule has 0 atom stereocenters. The van der Waals surface area contributed by atoms with Gasteiger partial charge in [0, 0.05) is 24.3 Å². The zero-order chi connectivity index (χ0) is 36.7. The SMILES string of the molecule is COc1cc(-c2ccccc2)c(-c2cccc[n+]2CC[n+]2ccccc2-c2c(-c3ccccc3)cc(OC)cc2-c2ccccc2)c(-c2ccccc2)c1. The topological polar surface area (TPSA) is 26.2 Å². The van der Waals surface area contributed by atoms with Gasteiger partial charge in [-0.1, -0.05) is 121 Å². The molecule has 0 aliphatic rings. The highest BCUT2D eigenvalue weighted by atomic mass is 16.5. The fourth-order valence-electron chi connectivity index (χ4n) is 7.41. The molecule has 0 spiro atoms. The van der Waals surface area contributed by atoms with Crippen LogP contribution in [-0.4, -0.2) is 14.2 Å². The van der Waals surface area contributed by atoms with Crippen LogP contribution in [0.3, 0.4) is 0 Å². The van der Waals surface area contributed by atoms with Gasteiger partial charge < -0.3 is 9.47 Å². The van der Waals surface area contributed by atoms with Crippen LogP contribution in [0.2, 0.25) is 0 Å². The van der Waals surface area contributed by atoms with Gasteiger partial charge in [-0.3, -0.25) is 0 Å². The predicted octanol–water partition coefficient (Wildman–Crippen LogP) is 11.0. The van der Waals surface area contributed by atoms with Crippen molar-refractivity contribution in [1.29, 1.82) is 0 Å². The number of nitrogens with zero attached hydrogens (tertiary/aromatic N) is 2. The molecule has 4 heteroatoms. The molecule has 0 aliphatic carbocycles. The number of pyridine rings is 2. The van der Waals surface area contributed by atoms with E-state index in [4.69, 9.17) is 9.47 Å². The third-order valence-corrected chi connectivity index (χ3v) is 10.0. The average Bonchev–Trinajstić information content (AvgIpc) is 3.26. The van der Waals surface area contributed by atoms with Crippen molar-refractivity contribution in [3.05, 3.63) is 194 Å². The lowest BCUT2D eigenvalue weighted by Crippen LogP contribution is -2.46. The molecule has 2 heterocycles. The lowest BCUT2D eigenvalue weighted by Gasteiger charge is -2.18. The first-order valence-corrected chi connectivity index (χ1v) is 18.4. The van der Waals surface area contributed by atoms with Gasteiger partial charge in [0.25, 0.3) is 0 Å². The standard InChI is InChI=1S/C50H42N2O2/c1-53-41-33-43(37-19-7-3-8-20-37)49(44(34-41)38-21-9-4-10-22-38)47-27-15-17-29-51(47)31-32-52-30-18-16-28-48(52)50-45(39-23-11-5-12-24-39)35-42(54-2)36-46(50)40-25-13-6-14-26-40/h3-30,33-36H,31-32H2,1-2H3/q+2. The lowest BCUT2D eigenvalue weighted by molar-refractivity contribution is -0.768. The smallest absolute Gasteiger partial charge is 0.213 e. The van der Waals surface area contributed by atoms with Crippen LogP contribution in [0.25, 0.3) is 67.0 Å². The number of ether oxygens (including phenoxy) is 2. The van der Waals surface area contributed by atoms with Gasteiger partial charge in [0.2, 0.25) is 24.5 Å². The van der Waals surface area contributed by atoms with E-state index in [1.54, 1.807) is 14.2 Å². The zero-order valence-corrected chi connectivity index (χ0v) is 30.6. The monoisotopic (exact) mass is 702 g/mol. The molecule has 4 nitrogen and oxygen atoms in total. The van der Waals surface area contributed by atoms with Gasteiger partial charge in [-0.2, -0.15) is 9.13 Å². The molecule has 0 fully saturated rings. The molecular formula is C50H42N2O2+2. The van der Waals surface area contributed by atoms with E-state index in [0.29, 0.717) is 0 Å². The van der Waals surface area contributed by atoms with E-state index in [2.05, 4.69) is 204 Å². The molecule has 0 amide bonds. The van der Waals surface area contributed by atoms with Crippen molar-refractivity contribution in [1.82, 2.24) is 0 Å². The Labute approximate surface area is 317 Å². The third-order valence-electron chi connectivity index (χ3n) is 10.0. The summed E-state index contributed by atoms with van der Waals surface area (Å²) in [6.07, 6.45) is 4.40. The van der Waals surface area contributed by atoms with Gasteiger partial charge in [0.15, 0.2) is 12.4 Å². The number of rotatable bonds is 11. The average molecular weight is 703 g/mol. The van der Waals surface area contributed by atoms with Gasteiger partial charge in [0.05, 0.1) is 25.3 Å². The second-order valence-corrected chi connectivity index (χ2v) is 13.2. The second-order valence-electron chi connectivity index (χ2n) is 13.2. The number of hydrogen-bond acceptors (Lipinski definition) is 2. The Morgan fingerprint density at radius 3 is 0.907 bits per heavy atom. The zero-order valence-electron chi connectivity index (χ0n) is 30.6. The highest BCUT2D eigenvalue weighted by molar-refractivity contribution is 5.95. The number of benzene rings is 6. The van der Waals surface area contributed by atoms with Crippen molar-refractivity contribution in [3.8, 4) is 78.5 Å². The van der Waals surface area contributed by atoms with E-state index in [0.717, 1.165) is 80.5 Å². The minimum absolute atomic E-state index is 0.740. The molecule has 0 saturated heterocycles. The molecule has 8 rings (SSSR count). The van der Waals surface area contributed by atoms with Gasteiger partial charge in [-0.05, 0) is 80.9 Å². The van der Waals surface area contributed by atoms with Crippen LogP contribution in [0.15, 0.2) is 194 Å². The van der Waals surface area contributed by atoms with E-state index in [1.165, 1.54) is 11.1 Å². The van der Waals surface area contributed by atoms with Gasteiger partial charge in [-0.25, -0.2) is 0 Å². The van der Waals surface area contributed by atoms with Crippen LogP contribution < -0.4 is 18.6 Å². The van der Waals surface area contributed by atoms with E-state index in [-0.39, 0.29) is 0 Å². The van der Waals surface area contributed by atoms with Crippen molar-refractivity contribution in [2.24, 2.45) is 0 Å². The summed E-state index contributed by atoms with van der Waals surface area (Å²) < 4.78 is 16.6. The Hall–Kier alpha value is -6.78. The molecule has 0 N–H and O–H groups in total. The summed E-state index contributed by atoms with van der Waals surface area (Å²) in [7, 11) is 3.48. The van der Waals surface area contributed by atoms with E-state index < -0.39 is 0 Å². The number of methoxy groups -OCH3 is 2. The maximum absolute atomic E-state index is 5.90. The van der Waals surface area contributed by atoms with Gasteiger partial charge >= 0.3 is 0 Å². The lowest BCUT2D eigenvalue weighted by atomic mass is 9.89. The maximum atomic E-state index is 5.90. The first-order chi connectivity index (χ1) is 26.7. The van der Waals surface area contributed by atoms with Crippen molar-refractivity contribution in [3.63, 3.8) is 0 Å². The summed E-state index contributed by atoms with van der Waals surface area (Å²) in [6, 6.07) is 64.1. The fourth-order valence-corrected chi connectivity index (χ4v) is 7.41. The fraction of sp³-hybridized carbons (Fsp3) is 0.0800. The van der Waals surface area contributed by atoms with Crippen LogP contribution in [0, 0.1) is 0 Å². The molecule has 262 valence electrons. The summed E-state index contributed by atoms with van der Waals surface area (Å²) in [5.41, 5.74) is 13.7. The quantitative estimate of drug-likeness (QED) is 0.125. The molecule has 8 aromatic rings. The molecule has 0 aliphatic heterocycles. The van der Waals surface area contributed by atoms with Crippen LogP contribution in [0.4, 0.5) is 0 Å². The number of hydrogen-bond donors (Lipinski definition) is 0. The first-order valence-electron chi connectivity index (χ1n) is 18.4. The van der Waals surface area contributed by atoms with E-state index in [1.807, 2.05) is 0 Å². The van der Waals surface area contributed by atoms with Crippen molar-refractivity contribution < 1.29 is 18.6 Å². The maximum Gasteiger partial charge on any atom is 0.213 e. The van der Waals surface area contributed by atoms with Crippen LogP contribution in [0.5, 0.6) is 11.5 Å². The number of aryl methyl sites for hydroxylation is 2. The van der Waals surface area contributed by atoms with Gasteiger partial charge in [-0.15, -0.1) is 0 Å². The third kappa shape index (κ3) is 7.02. The Bertz CT molecular complexity index is 2200. The van der Waals surface area contributed by atoms with Crippen molar-refractivity contribution >= 4 is 0 Å². The highest BCUT2D eigenvalue weighted by Gasteiger charge is 2.27. The van der Waals surface area contributed by atoms with Crippen LogP contribution >= 0.6 is 0 Å². The summed E-state index contributed by atoms with van der Waals surface area (Å²) in [6.45, 7) is 1.48. The Morgan fingerprint density at radius 2 is 0.630 bits per heavy atom. The predicted molar refractivity (Wildman–Crippen MR) is 219 cm³/mol. The normalized spacial score (nSPS) is 10.9. The Morgan fingerprint density at radius 1 is 0.352 bits per heavy atom. The molecule has 0 radical (unpaired) electrons.